The summed E-state index contributed by atoms with van der Waals surface area (Å²) in [7, 11) is 0. The zero-order valence-corrected chi connectivity index (χ0v) is 14.9. The van der Waals surface area contributed by atoms with Crippen LogP contribution in [0.3, 0.4) is 0 Å². The number of rotatable bonds is 8. The number of nitrogen functional groups attached to an aromatic ring is 1. The fourth-order valence-corrected chi connectivity index (χ4v) is 2.54. The maximum absolute atomic E-state index is 12.0. The molecule has 1 aromatic heterocycles. The van der Waals surface area contributed by atoms with E-state index in [9.17, 15) is 29.4 Å². The van der Waals surface area contributed by atoms with Gasteiger partial charge < -0.3 is 30.4 Å². The van der Waals surface area contributed by atoms with Gasteiger partial charge in [0.15, 0.2) is 0 Å². The molecule has 1 aromatic carbocycles. The van der Waals surface area contributed by atoms with Crippen molar-refractivity contribution in [1.82, 2.24) is 4.98 Å². The summed E-state index contributed by atoms with van der Waals surface area (Å²) >= 11 is 0. The highest BCUT2D eigenvalue weighted by atomic mass is 16.5. The Labute approximate surface area is 158 Å². The molecule has 10 nitrogen and oxygen atoms in total. The van der Waals surface area contributed by atoms with Crippen LogP contribution in [0.5, 0.6) is 5.75 Å². The summed E-state index contributed by atoms with van der Waals surface area (Å²) in [6, 6.07) is 5.70. The number of aromatic nitrogens is 1. The summed E-state index contributed by atoms with van der Waals surface area (Å²) in [5, 5.41) is 18.8. The number of hydrogen-bond donors (Lipinski definition) is 4. The number of nitrogens with two attached hydrogens (primary N) is 1. The van der Waals surface area contributed by atoms with Gasteiger partial charge in [0, 0.05) is 5.56 Å². The van der Waals surface area contributed by atoms with Gasteiger partial charge in [0.1, 0.15) is 22.7 Å². The number of hydrogen-bond acceptors (Lipinski definition) is 7. The first-order chi connectivity index (χ1) is 13.3. The molecule has 148 valence electrons. The summed E-state index contributed by atoms with van der Waals surface area (Å²) in [5.74, 6) is -3.57. The molecule has 0 atom stereocenters. The minimum atomic E-state index is -1.59. The molecule has 0 unspecified atom stereocenters. The lowest BCUT2D eigenvalue weighted by atomic mass is 9.95. The van der Waals surface area contributed by atoms with E-state index in [2.05, 4.69) is 0 Å². The fraction of sp³-hybridized carbons (Fsp3) is 0.222. The van der Waals surface area contributed by atoms with Crippen LogP contribution in [0.25, 0.3) is 11.1 Å². The van der Waals surface area contributed by atoms with Gasteiger partial charge in [0.2, 0.25) is 0 Å². The number of nitrogens with one attached hydrogen (secondary N) is 1. The van der Waals surface area contributed by atoms with Crippen LogP contribution >= 0.6 is 0 Å². The lowest BCUT2D eigenvalue weighted by Crippen LogP contribution is -2.24. The number of carboxylic acids is 2. The van der Waals surface area contributed by atoms with Gasteiger partial charge in [-0.2, -0.15) is 0 Å². The average Bonchev–Trinajstić information content (AvgIpc) is 2.61. The molecular formula is C18H18N2O8. The van der Waals surface area contributed by atoms with E-state index in [0.29, 0.717) is 5.75 Å². The van der Waals surface area contributed by atoms with Crippen LogP contribution < -0.4 is 16.0 Å². The quantitative estimate of drug-likeness (QED) is 0.486. The molecule has 0 fully saturated rings. The minimum absolute atomic E-state index is 0.0481. The Morgan fingerprint density at radius 2 is 1.68 bits per heavy atom. The second-order valence-corrected chi connectivity index (χ2v) is 5.53. The Balaban J connectivity index is 2.38. The SMILES string of the molecule is CCOC(=O)CCOc1ccc(-c2c(C(=O)O)c(N)[nH]c(=O)c2C(=O)O)cc1. The van der Waals surface area contributed by atoms with Crippen molar-refractivity contribution in [2.24, 2.45) is 0 Å². The Morgan fingerprint density at radius 3 is 2.21 bits per heavy atom. The van der Waals surface area contributed by atoms with Gasteiger partial charge in [-0.3, -0.25) is 9.59 Å². The third-order valence-corrected chi connectivity index (χ3v) is 3.70. The average molecular weight is 390 g/mol. The van der Waals surface area contributed by atoms with Crippen LogP contribution in [0.1, 0.15) is 34.1 Å². The third kappa shape index (κ3) is 4.47. The molecule has 0 aliphatic carbocycles. The number of pyridine rings is 1. The molecule has 0 spiro atoms. The molecule has 0 saturated carbocycles. The lowest BCUT2D eigenvalue weighted by Gasteiger charge is -2.13. The van der Waals surface area contributed by atoms with Crippen molar-refractivity contribution in [3.05, 3.63) is 45.7 Å². The van der Waals surface area contributed by atoms with Gasteiger partial charge in [-0.05, 0) is 24.6 Å². The molecule has 0 aliphatic heterocycles. The molecule has 0 aliphatic rings. The van der Waals surface area contributed by atoms with Crippen LogP contribution in [-0.2, 0) is 9.53 Å². The van der Waals surface area contributed by atoms with Gasteiger partial charge in [-0.15, -0.1) is 0 Å². The summed E-state index contributed by atoms with van der Waals surface area (Å²) in [4.78, 5) is 48.4. The van der Waals surface area contributed by atoms with Crippen molar-refractivity contribution in [1.29, 1.82) is 0 Å². The summed E-state index contributed by atoms with van der Waals surface area (Å²) in [5.41, 5.74) is 3.16. The Kier molecular flexibility index (Phi) is 6.38. The number of benzene rings is 1. The Bertz CT molecular complexity index is 963. The van der Waals surface area contributed by atoms with Gasteiger partial charge >= 0.3 is 17.9 Å². The van der Waals surface area contributed by atoms with Crippen LogP contribution in [-0.4, -0.2) is 46.3 Å². The van der Waals surface area contributed by atoms with Crippen molar-refractivity contribution in [3.8, 4) is 16.9 Å². The normalized spacial score (nSPS) is 10.3. The number of esters is 1. The lowest BCUT2D eigenvalue weighted by molar-refractivity contribution is -0.143. The number of anilines is 1. The van der Waals surface area contributed by atoms with E-state index in [1.54, 1.807) is 6.92 Å². The standard InChI is InChI=1S/C18H18N2O8/c1-2-27-11(21)7-8-28-10-5-3-9(4-6-10)12-13(17(23)24)15(19)20-16(22)14(12)18(25)26/h3-6H,2,7-8H2,1H3,(H,23,24)(H,25,26)(H3,19,20,22). The van der Waals surface area contributed by atoms with E-state index in [1.807, 2.05) is 4.98 Å². The number of carboxylic acid groups (broad SMARTS) is 2. The van der Waals surface area contributed by atoms with Crippen molar-refractivity contribution in [2.75, 3.05) is 18.9 Å². The van der Waals surface area contributed by atoms with Crippen LogP contribution in [0.4, 0.5) is 5.82 Å². The monoisotopic (exact) mass is 390 g/mol. The molecular weight excluding hydrogens is 372 g/mol. The number of aromatic carboxylic acids is 2. The first-order valence-corrected chi connectivity index (χ1v) is 8.17. The number of carbonyl (C=O) groups is 3. The first-order valence-electron chi connectivity index (χ1n) is 8.17. The van der Waals surface area contributed by atoms with Crippen molar-refractivity contribution in [2.45, 2.75) is 13.3 Å². The topological polar surface area (TPSA) is 169 Å². The maximum atomic E-state index is 12.0. The van der Waals surface area contributed by atoms with E-state index in [1.165, 1.54) is 24.3 Å². The van der Waals surface area contributed by atoms with Crippen LogP contribution in [0.2, 0.25) is 0 Å². The second kappa shape index (κ2) is 8.71. The molecule has 1 heterocycles. The predicted molar refractivity (Wildman–Crippen MR) is 97.6 cm³/mol. The highest BCUT2D eigenvalue weighted by Gasteiger charge is 2.26. The fourth-order valence-electron chi connectivity index (χ4n) is 2.54. The van der Waals surface area contributed by atoms with Crippen molar-refractivity contribution < 1.29 is 34.1 Å². The number of aromatic amines is 1. The predicted octanol–water partition coefficient (Wildman–Crippen LogP) is 1.35. The summed E-state index contributed by atoms with van der Waals surface area (Å²) in [6.07, 6.45) is 0.0481. The van der Waals surface area contributed by atoms with Crippen LogP contribution in [0.15, 0.2) is 29.1 Å². The molecule has 5 N–H and O–H groups in total. The zero-order valence-electron chi connectivity index (χ0n) is 14.9. The smallest absolute Gasteiger partial charge is 0.342 e. The highest BCUT2D eigenvalue weighted by molar-refractivity contribution is 6.07. The summed E-state index contributed by atoms with van der Waals surface area (Å²) in [6.45, 7) is 2.03. The molecule has 0 amide bonds. The number of ether oxygens (including phenoxy) is 2. The van der Waals surface area contributed by atoms with E-state index in [0.717, 1.165) is 0 Å². The first kappa shape index (κ1) is 20.5. The maximum Gasteiger partial charge on any atom is 0.342 e. The number of carbonyl (C=O) groups excluding carboxylic acids is 1. The van der Waals surface area contributed by atoms with E-state index in [-0.39, 0.29) is 30.8 Å². The zero-order chi connectivity index (χ0) is 20.8. The molecule has 0 saturated heterocycles. The highest BCUT2D eigenvalue weighted by Crippen LogP contribution is 2.30. The molecule has 0 radical (unpaired) electrons. The molecule has 28 heavy (non-hydrogen) atoms. The van der Waals surface area contributed by atoms with Crippen LogP contribution in [0, 0.1) is 0 Å². The molecule has 2 rings (SSSR count). The molecule has 2 aromatic rings. The third-order valence-electron chi connectivity index (χ3n) is 3.70. The second-order valence-electron chi connectivity index (χ2n) is 5.53. The van der Waals surface area contributed by atoms with Crippen molar-refractivity contribution >= 4 is 23.7 Å². The molecule has 0 bridgehead atoms. The van der Waals surface area contributed by atoms with Gasteiger partial charge in [-0.25, -0.2) is 9.59 Å². The molecule has 10 heteroatoms. The van der Waals surface area contributed by atoms with Gasteiger partial charge in [0.25, 0.3) is 5.56 Å². The van der Waals surface area contributed by atoms with Gasteiger partial charge in [0.05, 0.1) is 19.6 Å². The van der Waals surface area contributed by atoms with E-state index < -0.39 is 40.4 Å². The summed E-state index contributed by atoms with van der Waals surface area (Å²) < 4.78 is 10.2. The van der Waals surface area contributed by atoms with E-state index >= 15 is 0 Å². The number of H-pyrrole nitrogens is 1. The van der Waals surface area contributed by atoms with E-state index in [4.69, 9.17) is 15.2 Å². The minimum Gasteiger partial charge on any atom is -0.493 e. The Morgan fingerprint density at radius 1 is 1.07 bits per heavy atom. The Hall–Kier alpha value is -3.82. The largest absolute Gasteiger partial charge is 0.493 e. The van der Waals surface area contributed by atoms with Gasteiger partial charge in [-0.1, -0.05) is 12.1 Å². The van der Waals surface area contributed by atoms with Crippen molar-refractivity contribution in [3.63, 3.8) is 0 Å².